The van der Waals surface area contributed by atoms with Crippen LogP contribution in [0.25, 0.3) is 0 Å². The number of imide groups is 2. The number of ether oxygens (including phenoxy) is 8. The summed E-state index contributed by atoms with van der Waals surface area (Å²) in [5.41, 5.74) is 1.19. The normalized spacial score (nSPS) is 24.4. The van der Waals surface area contributed by atoms with Gasteiger partial charge in [-0.05, 0) is 249 Å². The van der Waals surface area contributed by atoms with Gasteiger partial charge in [-0.2, -0.15) is 0 Å². The van der Waals surface area contributed by atoms with E-state index in [0.717, 1.165) is 16.2 Å². The summed E-state index contributed by atoms with van der Waals surface area (Å²) in [7, 11) is 0. The third kappa shape index (κ3) is 31.1. The van der Waals surface area contributed by atoms with Crippen molar-refractivity contribution in [2.75, 3.05) is 85.6 Å². The maximum Gasteiger partial charge on any atom is 0.418 e. The predicted octanol–water partition coefficient (Wildman–Crippen LogP) is 13.4. The Hall–Kier alpha value is -6.94. The first-order valence-corrected chi connectivity index (χ1v) is 35.6. The standard InChI is InChI=1S/2C12H20N2O5.C10H16O4.3C10H16.C9H15NO4/c2*1-5-13-11(16)14(6-2)12(17)19-8-7-18-10(15)9(3)4;1-4-5-9(11)13-6-7-14-10(12)8(2)3;2*1-7-2-9-4-8(1)5-10(3-7)6-9;1-2-9-7-4-5-8(6-7)10(9)3-1;1-4-10-9(12)14-6-5-13-8(11)7(2)3/h2*3,5-8H2,1-2,4H3,(H,13,16);2,4-7H2,1,3H3;3*7-10H,1-6H2;2,4-6H2,1,3H3,(H,10,12). The summed E-state index contributed by atoms with van der Waals surface area (Å²) < 4.78 is 37.9. The van der Waals surface area contributed by atoms with E-state index in [9.17, 15) is 47.9 Å². The molecule has 10 bridgehead atoms. The lowest BCUT2D eigenvalue weighted by atomic mass is 9.56. The molecule has 0 heterocycles. The zero-order valence-corrected chi connectivity index (χ0v) is 59.8. The zero-order valence-electron chi connectivity index (χ0n) is 59.8. The minimum Gasteiger partial charge on any atom is -0.462 e. The van der Waals surface area contributed by atoms with E-state index < -0.39 is 54.2 Å². The molecule has 0 aromatic carbocycles. The number of hydrogen-bond donors (Lipinski definition) is 3. The van der Waals surface area contributed by atoms with Crippen LogP contribution in [0.15, 0.2) is 48.6 Å². The number of fused-ring (bicyclic) bond motifs is 5. The summed E-state index contributed by atoms with van der Waals surface area (Å²) >= 11 is 0. The molecule has 3 N–H and O–H groups in total. The molecule has 11 aliphatic carbocycles. The molecule has 0 aliphatic heterocycles. The number of carbonyl (C=O) groups excluding carboxylic acids is 10. The first-order chi connectivity index (χ1) is 45.8. The number of urea groups is 2. The first kappa shape index (κ1) is 83.3. The average molecular weight is 1350 g/mol. The van der Waals surface area contributed by atoms with Crippen molar-refractivity contribution in [3.63, 3.8) is 0 Å². The molecule has 4 atom stereocenters. The minimum absolute atomic E-state index is 0.0445. The number of carbonyl (C=O) groups is 10. The Morgan fingerprint density at radius 2 is 0.625 bits per heavy atom. The summed E-state index contributed by atoms with van der Waals surface area (Å²) in [6, 6.07) is -1.04. The highest BCUT2D eigenvalue weighted by atomic mass is 16.6. The number of hydrogen-bond acceptors (Lipinski definition) is 18. The largest absolute Gasteiger partial charge is 0.462 e. The summed E-state index contributed by atoms with van der Waals surface area (Å²) in [5, 5.41) is 7.42. The maximum absolute atomic E-state index is 11.6. The van der Waals surface area contributed by atoms with E-state index in [0.29, 0.717) is 37.2 Å². The molecule has 0 saturated heterocycles. The van der Waals surface area contributed by atoms with Crippen molar-refractivity contribution in [1.82, 2.24) is 25.8 Å². The Labute approximate surface area is 572 Å². The Morgan fingerprint density at radius 1 is 0.354 bits per heavy atom. The van der Waals surface area contributed by atoms with Crippen LogP contribution in [0, 0.1) is 71.0 Å². The van der Waals surface area contributed by atoms with Gasteiger partial charge in [0.25, 0.3) is 0 Å². The molecule has 23 nitrogen and oxygen atoms in total. The number of esters is 5. The summed E-state index contributed by atoms with van der Waals surface area (Å²) in [4.78, 5) is 113. The maximum atomic E-state index is 11.6. The number of alkyl carbamates (subject to hydrolysis) is 1. The zero-order chi connectivity index (χ0) is 71.3. The van der Waals surface area contributed by atoms with Gasteiger partial charge in [0.15, 0.2) is 0 Å². The lowest BCUT2D eigenvalue weighted by Gasteiger charge is -2.49. The van der Waals surface area contributed by atoms with Crippen molar-refractivity contribution in [1.29, 1.82) is 0 Å². The van der Waals surface area contributed by atoms with E-state index in [1.54, 1.807) is 164 Å². The van der Waals surface area contributed by atoms with Gasteiger partial charge in [-0.3, -0.25) is 4.79 Å². The molecule has 0 spiro atoms. The monoisotopic (exact) mass is 1350 g/mol. The molecule has 11 aliphatic rings. The fourth-order valence-corrected chi connectivity index (χ4v) is 15.4. The molecule has 11 rings (SSSR count). The van der Waals surface area contributed by atoms with Crippen LogP contribution in [0.1, 0.15) is 198 Å². The number of amides is 7. The molecule has 96 heavy (non-hydrogen) atoms. The van der Waals surface area contributed by atoms with Gasteiger partial charge in [-0.1, -0.05) is 39.7 Å². The second-order valence-corrected chi connectivity index (χ2v) is 27.0. The van der Waals surface area contributed by atoms with Crippen LogP contribution in [-0.2, 0) is 61.9 Å². The molecule has 7 amide bonds. The summed E-state index contributed by atoms with van der Waals surface area (Å²) in [5.74, 6) is 11.9. The fraction of sp³-hybridized carbons (Fsp3) is 0.753. The van der Waals surface area contributed by atoms with Crippen molar-refractivity contribution in [2.24, 2.45) is 71.0 Å². The Bertz CT molecular complexity index is 2270. The van der Waals surface area contributed by atoms with Gasteiger partial charge >= 0.3 is 60.2 Å². The van der Waals surface area contributed by atoms with Gasteiger partial charge in [0, 0.05) is 61.4 Å². The molecule has 11 saturated carbocycles. The molecule has 0 aromatic rings. The lowest BCUT2D eigenvalue weighted by molar-refractivity contribution is -0.150. The van der Waals surface area contributed by atoms with E-state index in [2.05, 4.69) is 51.7 Å². The van der Waals surface area contributed by atoms with Gasteiger partial charge in [0.1, 0.15) is 52.9 Å². The van der Waals surface area contributed by atoms with Crippen LogP contribution in [0.2, 0.25) is 0 Å². The van der Waals surface area contributed by atoms with Gasteiger partial charge in [-0.15, -0.1) is 0 Å². The van der Waals surface area contributed by atoms with E-state index in [1.165, 1.54) is 84.9 Å². The van der Waals surface area contributed by atoms with Crippen molar-refractivity contribution in [3.8, 4) is 0 Å². The molecular formula is C73H119N5O18. The van der Waals surface area contributed by atoms with Crippen molar-refractivity contribution in [2.45, 2.75) is 198 Å². The molecule has 544 valence electrons. The Balaban J connectivity index is 0.000000295. The molecular weight excluding hydrogens is 1230 g/mol. The smallest absolute Gasteiger partial charge is 0.418 e. The van der Waals surface area contributed by atoms with Gasteiger partial charge < -0.3 is 53.8 Å². The van der Waals surface area contributed by atoms with Crippen LogP contribution in [0.3, 0.4) is 0 Å². The van der Waals surface area contributed by atoms with Crippen LogP contribution in [0.4, 0.5) is 24.0 Å². The number of nitrogens with zero attached hydrogens (tertiary/aromatic N) is 2. The fourth-order valence-electron chi connectivity index (χ4n) is 15.4. The molecule has 0 radical (unpaired) electrons. The summed E-state index contributed by atoms with van der Waals surface area (Å²) in [6.45, 7) is 31.9. The average Bonchev–Trinajstić information content (AvgIpc) is 1.20. The van der Waals surface area contributed by atoms with E-state index in [4.69, 9.17) is 28.4 Å². The van der Waals surface area contributed by atoms with E-state index >= 15 is 0 Å². The molecule has 4 unspecified atom stereocenters. The quantitative estimate of drug-likeness (QED) is 0.0371. The first-order valence-electron chi connectivity index (χ1n) is 35.6. The van der Waals surface area contributed by atoms with Gasteiger partial charge in [0.2, 0.25) is 0 Å². The topological polar surface area (TPSA) is 287 Å². The second kappa shape index (κ2) is 45.5. The van der Waals surface area contributed by atoms with Crippen LogP contribution in [0.5, 0.6) is 0 Å². The van der Waals surface area contributed by atoms with E-state index in [1.807, 2.05) is 6.92 Å². The highest BCUT2D eigenvalue weighted by Gasteiger charge is 2.49. The Morgan fingerprint density at radius 3 is 0.885 bits per heavy atom. The molecule has 23 heteroatoms. The Kier molecular flexibility index (Phi) is 39.5. The second-order valence-electron chi connectivity index (χ2n) is 27.0. The third-order valence-corrected chi connectivity index (χ3v) is 19.0. The molecule has 0 aromatic heterocycles. The molecule has 11 fully saturated rings. The SMILES string of the molecule is C1C2CC3CC1CC(C2)C3.C1C2CC3CC1CC(C2)C3.C1CC2C3CCC(C3)C2C1.C=C(C)C(=O)OCCOC(=O)CCC.C=C(C)C(=O)OCCOC(=O)N(CC)C(=O)NCC.C=C(C)C(=O)OCCOC(=O)N(CC)C(=O)NCC.C=C(C)C(=O)OCCOC(=O)NCC. The third-order valence-electron chi connectivity index (χ3n) is 19.0. The predicted molar refractivity (Wildman–Crippen MR) is 365 cm³/mol. The number of rotatable bonds is 23. The van der Waals surface area contributed by atoms with Crippen molar-refractivity contribution < 1.29 is 85.8 Å². The minimum atomic E-state index is -0.778. The van der Waals surface area contributed by atoms with E-state index in [-0.39, 0.29) is 83.1 Å². The highest BCUT2D eigenvalue weighted by Crippen LogP contribution is 2.59. The highest BCUT2D eigenvalue weighted by molar-refractivity contribution is 5.92. The van der Waals surface area contributed by atoms with Crippen LogP contribution < -0.4 is 16.0 Å². The van der Waals surface area contributed by atoms with Crippen LogP contribution >= 0.6 is 0 Å². The van der Waals surface area contributed by atoms with Crippen molar-refractivity contribution in [3.05, 3.63) is 48.6 Å². The number of nitrogens with one attached hydrogen (secondary N) is 3. The lowest BCUT2D eigenvalue weighted by Crippen LogP contribution is -2.44. The summed E-state index contributed by atoms with van der Waals surface area (Å²) in [6.07, 6.45) is 27.9. The van der Waals surface area contributed by atoms with Crippen LogP contribution in [-0.4, -0.2) is 156 Å². The van der Waals surface area contributed by atoms with Gasteiger partial charge in [-0.25, -0.2) is 53.0 Å². The van der Waals surface area contributed by atoms with Crippen molar-refractivity contribution >= 4 is 60.2 Å². The van der Waals surface area contributed by atoms with Gasteiger partial charge in [0.05, 0.1) is 0 Å².